The van der Waals surface area contributed by atoms with Crippen molar-refractivity contribution in [1.82, 2.24) is 0 Å². The largest absolute Gasteiger partial charge is 0.463 e. The number of benzene rings is 2. The SMILES string of the molecule is CC1(C)c2cc(Cl)ccc2NC12C=Cc1cc([N+](=O)[O-])ccc1O2. The number of nitro groups is 1. The van der Waals surface area contributed by atoms with Gasteiger partial charge in [0.25, 0.3) is 5.69 Å². The van der Waals surface area contributed by atoms with Gasteiger partial charge in [-0.15, -0.1) is 0 Å². The van der Waals surface area contributed by atoms with Gasteiger partial charge in [-0.25, -0.2) is 0 Å². The van der Waals surface area contributed by atoms with Crippen molar-refractivity contribution in [3.8, 4) is 5.75 Å². The van der Waals surface area contributed by atoms with E-state index in [9.17, 15) is 10.1 Å². The van der Waals surface area contributed by atoms with Crippen molar-refractivity contribution in [2.75, 3.05) is 5.32 Å². The second-order valence-corrected chi connectivity index (χ2v) is 7.03. The van der Waals surface area contributed by atoms with Gasteiger partial charge >= 0.3 is 0 Å². The topological polar surface area (TPSA) is 64.4 Å². The van der Waals surface area contributed by atoms with E-state index >= 15 is 0 Å². The second kappa shape index (κ2) is 4.74. The molecule has 0 radical (unpaired) electrons. The summed E-state index contributed by atoms with van der Waals surface area (Å²) in [5.41, 5.74) is 1.66. The van der Waals surface area contributed by atoms with E-state index in [0.717, 1.165) is 11.3 Å². The molecule has 1 N–H and O–H groups in total. The van der Waals surface area contributed by atoms with Crippen molar-refractivity contribution in [2.45, 2.75) is 25.0 Å². The average molecular weight is 343 g/mol. The molecule has 24 heavy (non-hydrogen) atoms. The molecule has 2 aliphatic heterocycles. The third-order valence-corrected chi connectivity index (χ3v) is 5.11. The smallest absolute Gasteiger partial charge is 0.270 e. The Labute approximate surface area is 144 Å². The lowest BCUT2D eigenvalue weighted by Crippen LogP contribution is -2.53. The van der Waals surface area contributed by atoms with Crippen molar-refractivity contribution in [2.24, 2.45) is 0 Å². The van der Waals surface area contributed by atoms with E-state index in [1.165, 1.54) is 12.1 Å². The first-order chi connectivity index (χ1) is 11.3. The fourth-order valence-electron chi connectivity index (χ4n) is 3.39. The summed E-state index contributed by atoms with van der Waals surface area (Å²) >= 11 is 6.16. The van der Waals surface area contributed by atoms with Gasteiger partial charge in [0.1, 0.15) is 5.75 Å². The van der Waals surface area contributed by atoms with E-state index in [2.05, 4.69) is 19.2 Å². The van der Waals surface area contributed by atoms with E-state index in [0.29, 0.717) is 16.3 Å². The van der Waals surface area contributed by atoms with Crippen molar-refractivity contribution >= 4 is 29.1 Å². The second-order valence-electron chi connectivity index (χ2n) is 6.59. The Bertz CT molecular complexity index is 907. The predicted molar refractivity (Wildman–Crippen MR) is 93.6 cm³/mol. The Morgan fingerprint density at radius 2 is 2.00 bits per heavy atom. The molecule has 0 aliphatic carbocycles. The van der Waals surface area contributed by atoms with Crippen LogP contribution in [0.3, 0.4) is 0 Å². The Balaban J connectivity index is 1.79. The van der Waals surface area contributed by atoms with Crippen LogP contribution in [0.2, 0.25) is 5.02 Å². The first kappa shape index (κ1) is 15.0. The maximum atomic E-state index is 10.9. The van der Waals surface area contributed by atoms with Crippen LogP contribution >= 0.6 is 11.6 Å². The number of rotatable bonds is 1. The highest BCUT2D eigenvalue weighted by atomic mass is 35.5. The molecule has 6 heteroatoms. The lowest BCUT2D eigenvalue weighted by Gasteiger charge is -2.41. The Hall–Kier alpha value is -2.53. The van der Waals surface area contributed by atoms with Gasteiger partial charge in [0, 0.05) is 28.4 Å². The lowest BCUT2D eigenvalue weighted by molar-refractivity contribution is -0.384. The normalized spacial score (nSPS) is 22.5. The Morgan fingerprint density at radius 3 is 2.75 bits per heavy atom. The molecule has 122 valence electrons. The number of hydrogen-bond acceptors (Lipinski definition) is 4. The lowest BCUT2D eigenvalue weighted by atomic mass is 9.76. The van der Waals surface area contributed by atoms with E-state index in [-0.39, 0.29) is 11.1 Å². The minimum Gasteiger partial charge on any atom is -0.463 e. The molecule has 1 spiro atoms. The molecular weight excluding hydrogens is 328 g/mol. The summed E-state index contributed by atoms with van der Waals surface area (Å²) in [4.78, 5) is 10.5. The fraction of sp³-hybridized carbons (Fsp3) is 0.222. The summed E-state index contributed by atoms with van der Waals surface area (Å²) in [5.74, 6) is 0.613. The number of ether oxygens (including phenoxy) is 1. The predicted octanol–water partition coefficient (Wildman–Crippen LogP) is 4.75. The van der Waals surface area contributed by atoms with Crippen LogP contribution < -0.4 is 10.1 Å². The fourth-order valence-corrected chi connectivity index (χ4v) is 3.56. The number of fused-ring (bicyclic) bond motifs is 2. The van der Waals surface area contributed by atoms with Gasteiger partial charge in [-0.1, -0.05) is 11.6 Å². The van der Waals surface area contributed by atoms with Gasteiger partial charge in [-0.3, -0.25) is 10.1 Å². The van der Waals surface area contributed by atoms with Crippen molar-refractivity contribution in [1.29, 1.82) is 0 Å². The minimum atomic E-state index is -0.761. The van der Waals surface area contributed by atoms with Crippen LogP contribution in [-0.4, -0.2) is 10.6 Å². The average Bonchev–Trinajstić information content (AvgIpc) is 2.75. The number of hydrogen-bond donors (Lipinski definition) is 1. The maximum Gasteiger partial charge on any atom is 0.270 e. The standard InChI is InChI=1S/C18H15ClN2O3/c1-17(2)14-10-12(19)3-5-15(14)20-18(17)8-7-11-9-13(21(22)23)4-6-16(11)24-18/h3-10,20H,1-2H3. The van der Waals surface area contributed by atoms with Crippen molar-refractivity contribution in [3.05, 3.63) is 68.7 Å². The van der Waals surface area contributed by atoms with Crippen LogP contribution in [0.4, 0.5) is 11.4 Å². The highest BCUT2D eigenvalue weighted by molar-refractivity contribution is 6.30. The third kappa shape index (κ3) is 1.94. The molecule has 0 aromatic heterocycles. The van der Waals surface area contributed by atoms with E-state index in [1.807, 2.05) is 30.4 Å². The number of anilines is 1. The van der Waals surface area contributed by atoms with E-state index in [1.54, 1.807) is 6.07 Å². The van der Waals surface area contributed by atoms with Crippen LogP contribution in [0.5, 0.6) is 5.75 Å². The zero-order valence-electron chi connectivity index (χ0n) is 13.2. The van der Waals surface area contributed by atoms with Gasteiger partial charge < -0.3 is 10.1 Å². The molecule has 2 aromatic rings. The van der Waals surface area contributed by atoms with Gasteiger partial charge in [-0.2, -0.15) is 0 Å². The summed E-state index contributed by atoms with van der Waals surface area (Å²) < 4.78 is 6.29. The first-order valence-electron chi connectivity index (χ1n) is 7.57. The van der Waals surface area contributed by atoms with E-state index in [4.69, 9.17) is 16.3 Å². The first-order valence-corrected chi connectivity index (χ1v) is 7.95. The maximum absolute atomic E-state index is 10.9. The molecule has 0 saturated carbocycles. The number of nitro benzene ring substituents is 1. The number of non-ortho nitro benzene ring substituents is 1. The molecule has 0 fully saturated rings. The highest BCUT2D eigenvalue weighted by Crippen LogP contribution is 2.51. The van der Waals surface area contributed by atoms with Gasteiger partial charge in [0.2, 0.25) is 5.72 Å². The molecule has 0 saturated heterocycles. The molecule has 0 bridgehead atoms. The van der Waals surface area contributed by atoms with Crippen LogP contribution in [0.25, 0.3) is 6.08 Å². The molecule has 5 nitrogen and oxygen atoms in total. The molecule has 1 unspecified atom stereocenters. The summed E-state index contributed by atoms with van der Waals surface area (Å²) in [6.07, 6.45) is 3.79. The van der Waals surface area contributed by atoms with Gasteiger partial charge in [0.15, 0.2) is 0 Å². The molecule has 4 rings (SSSR count). The number of nitrogens with zero attached hydrogens (tertiary/aromatic N) is 1. The van der Waals surface area contributed by atoms with Crippen LogP contribution in [0.15, 0.2) is 42.5 Å². The van der Waals surface area contributed by atoms with Gasteiger partial charge in [-0.05, 0) is 55.8 Å². The molecule has 2 heterocycles. The number of halogens is 1. The highest BCUT2D eigenvalue weighted by Gasteiger charge is 2.54. The minimum absolute atomic E-state index is 0.0478. The molecule has 0 amide bonds. The van der Waals surface area contributed by atoms with Crippen molar-refractivity contribution in [3.63, 3.8) is 0 Å². The van der Waals surface area contributed by atoms with Crippen LogP contribution in [0, 0.1) is 10.1 Å². The summed E-state index contributed by atoms with van der Waals surface area (Å²) in [5, 5.41) is 15.1. The quantitative estimate of drug-likeness (QED) is 0.599. The zero-order chi connectivity index (χ0) is 17.1. The van der Waals surface area contributed by atoms with Crippen LogP contribution in [-0.2, 0) is 5.41 Å². The number of nitrogens with one attached hydrogen (secondary N) is 1. The van der Waals surface area contributed by atoms with E-state index < -0.39 is 10.6 Å². The monoisotopic (exact) mass is 342 g/mol. The third-order valence-electron chi connectivity index (χ3n) is 4.88. The summed E-state index contributed by atoms with van der Waals surface area (Å²) in [7, 11) is 0. The summed E-state index contributed by atoms with van der Waals surface area (Å²) in [6.45, 7) is 4.17. The zero-order valence-corrected chi connectivity index (χ0v) is 13.9. The molecular formula is C18H15ClN2O3. The van der Waals surface area contributed by atoms with Crippen LogP contribution in [0.1, 0.15) is 25.0 Å². The Morgan fingerprint density at radius 1 is 1.21 bits per heavy atom. The molecule has 2 aliphatic rings. The molecule has 2 aromatic carbocycles. The molecule has 1 atom stereocenters. The van der Waals surface area contributed by atoms with Gasteiger partial charge in [0.05, 0.1) is 10.3 Å². The van der Waals surface area contributed by atoms with Crippen molar-refractivity contribution < 1.29 is 9.66 Å². The summed E-state index contributed by atoms with van der Waals surface area (Å²) in [6, 6.07) is 10.3. The Kier molecular flexibility index (Phi) is 2.97.